The summed E-state index contributed by atoms with van der Waals surface area (Å²) in [6.45, 7) is 0. The Hall–Kier alpha value is -3.97. The Labute approximate surface area is 159 Å². The fraction of sp³-hybridized carbons (Fsp3) is 0.0952. The number of hydrogen-bond donors (Lipinski definition) is 0. The Bertz CT molecular complexity index is 1160. The average Bonchev–Trinajstić information content (AvgIpc) is 2.73. The van der Waals surface area contributed by atoms with Crippen molar-refractivity contribution in [1.29, 1.82) is 10.5 Å². The van der Waals surface area contributed by atoms with Crippen LogP contribution in [0.4, 0.5) is 8.78 Å². The largest absolute Gasteiger partial charge is 0.494 e. The van der Waals surface area contributed by atoms with Gasteiger partial charge in [-0.15, -0.1) is 0 Å². The number of methoxy groups -OCH3 is 2. The molecule has 0 aliphatic carbocycles. The van der Waals surface area contributed by atoms with E-state index in [-0.39, 0.29) is 33.7 Å². The van der Waals surface area contributed by atoms with E-state index in [1.54, 1.807) is 42.5 Å². The number of nitriles is 2. The van der Waals surface area contributed by atoms with Crippen LogP contribution in [0.3, 0.4) is 0 Å². The first-order chi connectivity index (χ1) is 13.6. The molecule has 0 spiro atoms. The SMILES string of the molecule is COC(=C(C#N)C#N)c1ccc2c(OC)c(F)c(-c3ccccc3)nc2c1F. The van der Waals surface area contributed by atoms with Gasteiger partial charge < -0.3 is 9.47 Å². The number of rotatable bonds is 4. The fourth-order valence-corrected chi connectivity index (χ4v) is 2.88. The fourth-order valence-electron chi connectivity index (χ4n) is 2.88. The van der Waals surface area contributed by atoms with Crippen molar-refractivity contribution in [3.05, 3.63) is 65.2 Å². The smallest absolute Gasteiger partial charge is 0.191 e. The Morgan fingerprint density at radius 2 is 1.64 bits per heavy atom. The zero-order valence-electron chi connectivity index (χ0n) is 15.0. The van der Waals surface area contributed by atoms with Crippen molar-refractivity contribution in [1.82, 2.24) is 4.98 Å². The molecular formula is C21H13F2N3O2. The van der Waals surface area contributed by atoms with Crippen LogP contribution in [0.5, 0.6) is 5.75 Å². The topological polar surface area (TPSA) is 78.9 Å². The molecule has 5 nitrogen and oxygen atoms in total. The number of hydrogen-bond acceptors (Lipinski definition) is 5. The van der Waals surface area contributed by atoms with Crippen molar-refractivity contribution in [2.24, 2.45) is 0 Å². The highest BCUT2D eigenvalue weighted by atomic mass is 19.1. The normalized spacial score (nSPS) is 10.1. The van der Waals surface area contributed by atoms with E-state index in [9.17, 15) is 4.39 Å². The van der Waals surface area contributed by atoms with E-state index in [0.29, 0.717) is 5.56 Å². The van der Waals surface area contributed by atoms with Crippen LogP contribution < -0.4 is 4.74 Å². The molecule has 2 aromatic carbocycles. The summed E-state index contributed by atoms with van der Waals surface area (Å²) >= 11 is 0. The monoisotopic (exact) mass is 377 g/mol. The molecule has 0 fully saturated rings. The molecule has 0 radical (unpaired) electrons. The summed E-state index contributed by atoms with van der Waals surface area (Å²) < 4.78 is 40.5. The quantitative estimate of drug-likeness (QED) is 0.491. The standard InChI is InChI=1S/C21H13F2N3O2/c1-27-20(13(10-24)11-25)14-8-9-15-19(16(14)22)26-18(17(23)21(15)28-2)12-6-4-3-5-7-12/h3-9H,1-2H3. The second-order valence-corrected chi connectivity index (χ2v) is 5.63. The number of pyridine rings is 1. The molecule has 0 unspecified atom stereocenters. The first-order valence-electron chi connectivity index (χ1n) is 8.07. The highest BCUT2D eigenvalue weighted by molar-refractivity contribution is 5.91. The van der Waals surface area contributed by atoms with Gasteiger partial charge in [0.2, 0.25) is 0 Å². The predicted molar refractivity (Wildman–Crippen MR) is 98.8 cm³/mol. The maximum atomic E-state index is 15.3. The van der Waals surface area contributed by atoms with Crippen molar-refractivity contribution in [2.45, 2.75) is 0 Å². The lowest BCUT2D eigenvalue weighted by Gasteiger charge is -2.14. The molecule has 138 valence electrons. The summed E-state index contributed by atoms with van der Waals surface area (Å²) in [5, 5.41) is 18.3. The molecule has 3 rings (SSSR count). The lowest BCUT2D eigenvalue weighted by atomic mass is 10.0. The molecule has 0 bridgehead atoms. The van der Waals surface area contributed by atoms with Crippen LogP contribution in [0.1, 0.15) is 5.56 Å². The van der Waals surface area contributed by atoms with Crippen LogP contribution in [0.2, 0.25) is 0 Å². The zero-order chi connectivity index (χ0) is 20.3. The molecule has 0 N–H and O–H groups in total. The second kappa shape index (κ2) is 7.73. The number of aromatic nitrogens is 1. The van der Waals surface area contributed by atoms with E-state index in [0.717, 1.165) is 0 Å². The summed E-state index contributed by atoms with van der Waals surface area (Å²) in [6, 6.07) is 14.5. The van der Waals surface area contributed by atoms with E-state index < -0.39 is 17.2 Å². The van der Waals surface area contributed by atoms with E-state index in [4.69, 9.17) is 20.0 Å². The van der Waals surface area contributed by atoms with Gasteiger partial charge >= 0.3 is 0 Å². The maximum Gasteiger partial charge on any atom is 0.191 e. The number of halogens is 2. The van der Waals surface area contributed by atoms with Crippen LogP contribution in [-0.4, -0.2) is 19.2 Å². The Kier molecular flexibility index (Phi) is 5.19. The summed E-state index contributed by atoms with van der Waals surface area (Å²) in [4.78, 5) is 4.17. The number of benzene rings is 2. The summed E-state index contributed by atoms with van der Waals surface area (Å²) in [5.41, 5.74) is -0.322. The zero-order valence-corrected chi connectivity index (χ0v) is 15.0. The van der Waals surface area contributed by atoms with E-state index in [2.05, 4.69) is 4.98 Å². The van der Waals surface area contributed by atoms with Crippen LogP contribution in [0.15, 0.2) is 48.0 Å². The highest BCUT2D eigenvalue weighted by Gasteiger charge is 2.23. The van der Waals surface area contributed by atoms with Gasteiger partial charge in [0.05, 0.1) is 19.8 Å². The van der Waals surface area contributed by atoms with Gasteiger partial charge in [-0.05, 0) is 12.1 Å². The predicted octanol–water partition coefficient (Wildman–Crippen LogP) is 4.59. The van der Waals surface area contributed by atoms with Crippen molar-refractivity contribution in [2.75, 3.05) is 14.2 Å². The Balaban J connectivity index is 2.40. The van der Waals surface area contributed by atoms with Gasteiger partial charge in [-0.25, -0.2) is 13.8 Å². The third-order valence-electron chi connectivity index (χ3n) is 4.14. The van der Waals surface area contributed by atoms with E-state index in [1.807, 2.05) is 0 Å². The van der Waals surface area contributed by atoms with Gasteiger partial charge in [-0.1, -0.05) is 30.3 Å². The van der Waals surface area contributed by atoms with Gasteiger partial charge in [0, 0.05) is 10.9 Å². The molecule has 0 saturated carbocycles. The Morgan fingerprint density at radius 1 is 0.964 bits per heavy atom. The molecule has 1 heterocycles. The third-order valence-corrected chi connectivity index (χ3v) is 4.14. The Morgan fingerprint density at radius 3 is 2.21 bits per heavy atom. The molecular weight excluding hydrogens is 364 g/mol. The first kappa shape index (κ1) is 18.8. The van der Waals surface area contributed by atoms with Gasteiger partial charge in [0.15, 0.2) is 28.7 Å². The van der Waals surface area contributed by atoms with Gasteiger partial charge in [-0.2, -0.15) is 10.5 Å². The molecule has 0 atom stereocenters. The minimum atomic E-state index is -0.854. The van der Waals surface area contributed by atoms with Crippen molar-refractivity contribution in [3.63, 3.8) is 0 Å². The van der Waals surface area contributed by atoms with Crippen molar-refractivity contribution in [3.8, 4) is 29.1 Å². The lowest BCUT2D eigenvalue weighted by molar-refractivity contribution is 0.366. The lowest BCUT2D eigenvalue weighted by Crippen LogP contribution is -2.02. The van der Waals surface area contributed by atoms with Crippen LogP contribution in [-0.2, 0) is 4.74 Å². The van der Waals surface area contributed by atoms with E-state index in [1.165, 1.54) is 26.4 Å². The second-order valence-electron chi connectivity index (χ2n) is 5.63. The van der Waals surface area contributed by atoms with E-state index >= 15 is 4.39 Å². The maximum absolute atomic E-state index is 15.3. The minimum absolute atomic E-state index is 0.0789. The van der Waals surface area contributed by atoms with Crippen molar-refractivity contribution >= 4 is 16.7 Å². The number of allylic oxidation sites excluding steroid dienone is 1. The minimum Gasteiger partial charge on any atom is -0.494 e. The molecule has 1 aromatic heterocycles. The van der Waals surface area contributed by atoms with Gasteiger partial charge in [-0.3, -0.25) is 0 Å². The number of fused-ring (bicyclic) bond motifs is 1. The molecule has 0 amide bonds. The molecule has 0 aliphatic heterocycles. The molecule has 0 saturated heterocycles. The van der Waals surface area contributed by atoms with Crippen LogP contribution in [0, 0.1) is 34.3 Å². The summed E-state index contributed by atoms with van der Waals surface area (Å²) in [7, 11) is 2.50. The van der Waals surface area contributed by atoms with Gasteiger partial charge in [0.25, 0.3) is 0 Å². The summed E-state index contributed by atoms with van der Waals surface area (Å²) in [6.07, 6.45) is 0. The number of ether oxygens (including phenoxy) is 2. The van der Waals surface area contributed by atoms with Crippen molar-refractivity contribution < 1.29 is 18.3 Å². The van der Waals surface area contributed by atoms with Crippen LogP contribution >= 0.6 is 0 Å². The highest BCUT2D eigenvalue weighted by Crippen LogP contribution is 2.37. The third kappa shape index (κ3) is 3.00. The molecule has 0 aliphatic rings. The first-order valence-corrected chi connectivity index (χ1v) is 8.07. The van der Waals surface area contributed by atoms with Gasteiger partial charge in [0.1, 0.15) is 23.3 Å². The average molecular weight is 377 g/mol. The summed E-state index contributed by atoms with van der Waals surface area (Å²) in [5.74, 6) is -1.95. The molecule has 7 heteroatoms. The molecule has 3 aromatic rings. The molecule has 28 heavy (non-hydrogen) atoms. The van der Waals surface area contributed by atoms with Crippen LogP contribution in [0.25, 0.3) is 27.9 Å². The number of nitrogens with zero attached hydrogens (tertiary/aromatic N) is 3.